The van der Waals surface area contributed by atoms with Crippen LogP contribution in [0.4, 0.5) is 5.13 Å². The van der Waals surface area contributed by atoms with Crippen LogP contribution in [0.3, 0.4) is 0 Å². The van der Waals surface area contributed by atoms with Gasteiger partial charge in [0.05, 0.1) is 11.7 Å². The van der Waals surface area contributed by atoms with Crippen molar-refractivity contribution < 1.29 is 23.8 Å². The highest BCUT2D eigenvalue weighted by Crippen LogP contribution is 2.43. The maximum Gasteiger partial charge on any atom is 0.302 e. The van der Waals surface area contributed by atoms with Crippen molar-refractivity contribution in [3.05, 3.63) is 70.6 Å². The van der Waals surface area contributed by atoms with Crippen LogP contribution in [0.2, 0.25) is 0 Å². The number of amides is 1. The molecule has 1 aliphatic heterocycles. The number of carbonyl (C=O) groups excluding carboxylic acids is 2. The highest BCUT2D eigenvalue weighted by atomic mass is 32.1. The molecule has 1 atom stereocenters. The van der Waals surface area contributed by atoms with Crippen LogP contribution in [-0.2, 0) is 9.59 Å². The maximum atomic E-state index is 12.9. The zero-order valence-corrected chi connectivity index (χ0v) is 17.5. The Morgan fingerprint density at radius 1 is 1.20 bits per heavy atom. The number of aliphatic hydroxyl groups excluding tert-OH is 1. The highest BCUT2D eigenvalue weighted by Gasteiger charge is 2.49. The van der Waals surface area contributed by atoms with Crippen molar-refractivity contribution in [3.63, 3.8) is 0 Å². The standard InChI is InChI=1S/C22H20N2O5S/c1-12(2)28-15-7-5-14(6-8-15)19(25)17-18(16-9-4-13(3)29-16)24(21(27)20(17)26)22-23-10-11-30-22/h4-12,18,25H,1-3H3/b19-17-. The summed E-state index contributed by atoms with van der Waals surface area (Å²) in [4.78, 5) is 31.2. The molecule has 0 aliphatic carbocycles. The first-order valence-corrected chi connectivity index (χ1v) is 10.3. The minimum atomic E-state index is -0.906. The van der Waals surface area contributed by atoms with Gasteiger partial charge >= 0.3 is 5.91 Å². The van der Waals surface area contributed by atoms with E-state index >= 15 is 0 Å². The molecule has 1 fully saturated rings. The normalized spacial score (nSPS) is 18.4. The van der Waals surface area contributed by atoms with Gasteiger partial charge in [-0.3, -0.25) is 14.5 Å². The van der Waals surface area contributed by atoms with Crippen LogP contribution in [0, 0.1) is 6.92 Å². The lowest BCUT2D eigenvalue weighted by molar-refractivity contribution is -0.132. The predicted molar refractivity (Wildman–Crippen MR) is 113 cm³/mol. The monoisotopic (exact) mass is 424 g/mol. The summed E-state index contributed by atoms with van der Waals surface area (Å²) >= 11 is 1.23. The number of aromatic nitrogens is 1. The van der Waals surface area contributed by atoms with Crippen LogP contribution in [-0.4, -0.2) is 27.9 Å². The number of Topliss-reactive ketones (excluding diaryl/α,β-unsaturated/α-hetero) is 1. The summed E-state index contributed by atoms with van der Waals surface area (Å²) in [6.07, 6.45) is 1.56. The van der Waals surface area contributed by atoms with Gasteiger partial charge in [-0.05, 0) is 57.2 Å². The summed E-state index contributed by atoms with van der Waals surface area (Å²) in [5.41, 5.74) is 0.360. The number of nitrogens with zero attached hydrogens (tertiary/aromatic N) is 2. The largest absolute Gasteiger partial charge is 0.507 e. The van der Waals surface area contributed by atoms with E-state index < -0.39 is 17.7 Å². The van der Waals surface area contributed by atoms with Gasteiger partial charge in [0, 0.05) is 17.1 Å². The Morgan fingerprint density at radius 3 is 2.50 bits per heavy atom. The summed E-state index contributed by atoms with van der Waals surface area (Å²) in [5, 5.41) is 13.1. The third-order valence-electron chi connectivity index (χ3n) is 4.60. The summed E-state index contributed by atoms with van der Waals surface area (Å²) in [7, 11) is 0. The number of thiazole rings is 1. The summed E-state index contributed by atoms with van der Waals surface area (Å²) in [6.45, 7) is 5.60. The van der Waals surface area contributed by atoms with Crippen molar-refractivity contribution in [2.24, 2.45) is 0 Å². The quantitative estimate of drug-likeness (QED) is 0.369. The van der Waals surface area contributed by atoms with Crippen LogP contribution in [0.25, 0.3) is 5.76 Å². The maximum absolute atomic E-state index is 12.9. The number of ether oxygens (including phenoxy) is 1. The molecule has 4 rings (SSSR count). The average molecular weight is 424 g/mol. The molecule has 30 heavy (non-hydrogen) atoms. The lowest BCUT2D eigenvalue weighted by Gasteiger charge is -2.20. The van der Waals surface area contributed by atoms with Crippen molar-refractivity contribution >= 4 is 33.9 Å². The van der Waals surface area contributed by atoms with Gasteiger partial charge in [-0.1, -0.05) is 0 Å². The first-order chi connectivity index (χ1) is 14.4. The van der Waals surface area contributed by atoms with E-state index in [1.807, 2.05) is 13.8 Å². The van der Waals surface area contributed by atoms with Gasteiger partial charge in [0.25, 0.3) is 5.78 Å². The summed E-state index contributed by atoms with van der Waals surface area (Å²) < 4.78 is 11.4. The Balaban J connectivity index is 1.83. The molecule has 1 amide bonds. The topological polar surface area (TPSA) is 92.9 Å². The molecule has 1 saturated heterocycles. The minimum Gasteiger partial charge on any atom is -0.507 e. The van der Waals surface area contributed by atoms with E-state index in [1.54, 1.807) is 54.9 Å². The molecule has 7 nitrogen and oxygen atoms in total. The van der Waals surface area contributed by atoms with Gasteiger partial charge in [0.1, 0.15) is 29.1 Å². The Bertz CT molecular complexity index is 1110. The lowest BCUT2D eigenvalue weighted by atomic mass is 9.99. The first-order valence-electron chi connectivity index (χ1n) is 9.40. The molecule has 2 aromatic heterocycles. The van der Waals surface area contributed by atoms with Gasteiger partial charge in [0.15, 0.2) is 5.13 Å². The van der Waals surface area contributed by atoms with Crippen molar-refractivity contribution in [2.45, 2.75) is 32.9 Å². The van der Waals surface area contributed by atoms with Gasteiger partial charge in [0.2, 0.25) is 0 Å². The number of benzene rings is 1. The molecule has 1 aliphatic rings. The van der Waals surface area contributed by atoms with E-state index in [4.69, 9.17) is 9.15 Å². The summed E-state index contributed by atoms with van der Waals surface area (Å²) in [6, 6.07) is 9.24. The van der Waals surface area contributed by atoms with Gasteiger partial charge < -0.3 is 14.3 Å². The average Bonchev–Trinajstić information content (AvgIpc) is 3.43. The molecule has 154 valence electrons. The predicted octanol–water partition coefficient (Wildman–Crippen LogP) is 4.46. The fourth-order valence-corrected chi connectivity index (χ4v) is 4.02. The third-order valence-corrected chi connectivity index (χ3v) is 5.37. The fourth-order valence-electron chi connectivity index (χ4n) is 3.35. The zero-order valence-electron chi connectivity index (χ0n) is 16.7. The number of ketones is 1. The van der Waals surface area contributed by atoms with Crippen molar-refractivity contribution in [3.8, 4) is 5.75 Å². The van der Waals surface area contributed by atoms with Crippen LogP contribution in [0.1, 0.15) is 37.0 Å². The van der Waals surface area contributed by atoms with E-state index in [9.17, 15) is 14.7 Å². The van der Waals surface area contributed by atoms with Crippen molar-refractivity contribution in [1.29, 1.82) is 0 Å². The number of hydrogen-bond acceptors (Lipinski definition) is 7. The molecule has 0 spiro atoms. The SMILES string of the molecule is Cc1ccc(C2/C(=C(/O)c3ccc(OC(C)C)cc3)C(=O)C(=O)N2c2nccs2)o1. The molecule has 1 aromatic carbocycles. The molecular formula is C22H20N2O5S. The fraction of sp³-hybridized carbons (Fsp3) is 0.227. The Hall–Kier alpha value is -3.39. The van der Waals surface area contributed by atoms with E-state index in [0.717, 1.165) is 0 Å². The van der Waals surface area contributed by atoms with E-state index in [1.165, 1.54) is 16.2 Å². The molecule has 3 aromatic rings. The van der Waals surface area contributed by atoms with E-state index in [-0.39, 0.29) is 17.4 Å². The Morgan fingerprint density at radius 2 is 1.93 bits per heavy atom. The molecule has 0 bridgehead atoms. The number of furan rings is 1. The smallest absolute Gasteiger partial charge is 0.302 e. The number of aliphatic hydroxyl groups is 1. The van der Waals surface area contributed by atoms with Crippen molar-refractivity contribution in [2.75, 3.05) is 4.90 Å². The Labute approximate surface area is 177 Å². The third kappa shape index (κ3) is 3.50. The number of aryl methyl sites for hydroxylation is 1. The minimum absolute atomic E-state index is 0.00950. The molecule has 0 saturated carbocycles. The summed E-state index contributed by atoms with van der Waals surface area (Å²) in [5.74, 6) is -0.173. The lowest BCUT2D eigenvalue weighted by Crippen LogP contribution is -2.29. The first kappa shape index (κ1) is 19.9. The molecule has 8 heteroatoms. The number of anilines is 1. The number of hydrogen-bond donors (Lipinski definition) is 1. The van der Waals surface area contributed by atoms with E-state index in [2.05, 4.69) is 4.98 Å². The highest BCUT2D eigenvalue weighted by molar-refractivity contribution is 7.14. The van der Waals surface area contributed by atoms with Crippen LogP contribution in [0.15, 0.2) is 58.0 Å². The molecular weight excluding hydrogens is 404 g/mol. The second-order valence-corrected chi connectivity index (χ2v) is 8.00. The number of rotatable bonds is 5. The van der Waals surface area contributed by atoms with Gasteiger partial charge in [-0.15, -0.1) is 11.3 Å². The van der Waals surface area contributed by atoms with E-state index in [0.29, 0.717) is 28.0 Å². The van der Waals surface area contributed by atoms with Crippen molar-refractivity contribution in [1.82, 2.24) is 4.98 Å². The molecule has 0 radical (unpaired) electrons. The van der Waals surface area contributed by atoms with Crippen LogP contribution < -0.4 is 9.64 Å². The number of carbonyl (C=O) groups is 2. The van der Waals surface area contributed by atoms with Crippen LogP contribution >= 0.6 is 11.3 Å². The van der Waals surface area contributed by atoms with Gasteiger partial charge in [-0.2, -0.15) is 0 Å². The second kappa shape index (κ2) is 7.79. The zero-order chi connectivity index (χ0) is 21.4. The van der Waals surface area contributed by atoms with Gasteiger partial charge in [-0.25, -0.2) is 4.98 Å². The molecule has 3 heterocycles. The second-order valence-electron chi connectivity index (χ2n) is 7.12. The molecule has 1 unspecified atom stereocenters. The van der Waals surface area contributed by atoms with Crippen LogP contribution in [0.5, 0.6) is 5.75 Å². The Kier molecular flexibility index (Phi) is 5.17. The molecule has 1 N–H and O–H groups in total.